The maximum absolute atomic E-state index is 13.4. The maximum atomic E-state index is 13.4. The van der Waals surface area contributed by atoms with E-state index in [1.54, 1.807) is 6.08 Å². The molecule has 0 unspecified atom stereocenters. The molecule has 0 saturated carbocycles. The third-order valence-corrected chi connectivity index (χ3v) is 16.8. The lowest BCUT2D eigenvalue weighted by Gasteiger charge is -2.36. The summed E-state index contributed by atoms with van der Waals surface area (Å²) in [4.78, 5) is 26.4. The van der Waals surface area contributed by atoms with Gasteiger partial charge in [-0.25, -0.2) is 9.59 Å². The van der Waals surface area contributed by atoms with E-state index in [2.05, 4.69) is 67.7 Å². The number of benzene rings is 1. The molecule has 0 spiro atoms. The summed E-state index contributed by atoms with van der Waals surface area (Å²) in [7, 11) is -2.72. The van der Waals surface area contributed by atoms with E-state index in [9.17, 15) is 9.59 Å². The monoisotopic (exact) mass is 562 g/mol. The first-order valence-electron chi connectivity index (χ1n) is 13.3. The standard InChI is InChI=1S/C30H50O6Si2/c1-23(18-20-35-37(9,10)29(2,3)4)26(28(32)33-8)25(19-21-36-38(11,12)30(5,6)7)27(31)34-22-24-16-14-13-15-17-24/h13-17,19H,18,20-22H2,1-12H3/b25-19-,26-23-. The Morgan fingerprint density at radius 3 is 1.87 bits per heavy atom. The summed E-state index contributed by atoms with van der Waals surface area (Å²) >= 11 is 0. The highest BCUT2D eigenvalue weighted by molar-refractivity contribution is 6.74. The summed E-state index contributed by atoms with van der Waals surface area (Å²) in [6, 6.07) is 9.45. The van der Waals surface area contributed by atoms with Crippen molar-refractivity contribution in [1.82, 2.24) is 0 Å². The summed E-state index contributed by atoms with van der Waals surface area (Å²) in [5, 5.41) is 0.0794. The topological polar surface area (TPSA) is 71.1 Å². The van der Waals surface area contributed by atoms with Crippen molar-refractivity contribution in [3.05, 3.63) is 58.7 Å². The number of esters is 2. The molecule has 0 aliphatic heterocycles. The quantitative estimate of drug-likeness (QED) is 0.113. The second kappa shape index (κ2) is 13.9. The zero-order valence-electron chi connectivity index (χ0n) is 25.7. The Balaban J connectivity index is 3.34. The van der Waals surface area contributed by atoms with Crippen LogP contribution in [0.4, 0.5) is 0 Å². The number of rotatable bonds is 12. The average Bonchev–Trinajstić information content (AvgIpc) is 2.80. The average molecular weight is 563 g/mol. The minimum absolute atomic E-state index is 0.00679. The lowest BCUT2D eigenvalue weighted by molar-refractivity contribution is -0.142. The number of carbonyl (C=O) groups excluding carboxylic acids is 2. The minimum atomic E-state index is -2.08. The Hall–Kier alpha value is -2.01. The fourth-order valence-electron chi connectivity index (χ4n) is 3.06. The van der Waals surface area contributed by atoms with E-state index in [0.717, 1.165) is 5.56 Å². The van der Waals surface area contributed by atoms with E-state index in [-0.39, 0.29) is 34.4 Å². The number of methoxy groups -OCH3 is 1. The summed E-state index contributed by atoms with van der Waals surface area (Å²) in [6.45, 7) is 24.3. The van der Waals surface area contributed by atoms with Crippen LogP contribution in [0.25, 0.3) is 0 Å². The molecular weight excluding hydrogens is 512 g/mol. The van der Waals surface area contributed by atoms with Gasteiger partial charge >= 0.3 is 11.9 Å². The zero-order valence-corrected chi connectivity index (χ0v) is 27.7. The molecule has 8 heteroatoms. The van der Waals surface area contributed by atoms with Gasteiger partial charge in [0.25, 0.3) is 0 Å². The van der Waals surface area contributed by atoms with Gasteiger partial charge in [-0.2, -0.15) is 0 Å². The van der Waals surface area contributed by atoms with Gasteiger partial charge in [-0.3, -0.25) is 0 Å². The van der Waals surface area contributed by atoms with E-state index in [4.69, 9.17) is 18.3 Å². The Bertz CT molecular complexity index is 996. The zero-order chi connectivity index (χ0) is 29.4. The predicted octanol–water partition coefficient (Wildman–Crippen LogP) is 7.58. The summed E-state index contributed by atoms with van der Waals surface area (Å²) in [5.41, 5.74) is 1.95. The number of ether oxygens (including phenoxy) is 2. The lowest BCUT2D eigenvalue weighted by Crippen LogP contribution is -2.41. The van der Waals surface area contributed by atoms with Gasteiger partial charge in [0.05, 0.1) is 24.9 Å². The minimum Gasteiger partial charge on any atom is -0.465 e. The molecule has 1 rings (SSSR count). The van der Waals surface area contributed by atoms with Gasteiger partial charge < -0.3 is 18.3 Å². The van der Waals surface area contributed by atoms with Crippen molar-refractivity contribution in [1.29, 1.82) is 0 Å². The van der Waals surface area contributed by atoms with Crippen LogP contribution in [0.3, 0.4) is 0 Å². The Labute approximate surface area is 233 Å². The summed E-state index contributed by atoms with van der Waals surface area (Å²) in [5.74, 6) is -1.16. The van der Waals surface area contributed by atoms with Crippen LogP contribution >= 0.6 is 0 Å². The molecule has 0 heterocycles. The van der Waals surface area contributed by atoms with Crippen LogP contribution in [0.5, 0.6) is 0 Å². The molecule has 0 saturated heterocycles. The van der Waals surface area contributed by atoms with E-state index in [0.29, 0.717) is 18.6 Å². The molecule has 0 atom stereocenters. The van der Waals surface area contributed by atoms with E-state index in [1.807, 2.05) is 37.3 Å². The number of carbonyl (C=O) groups is 2. The van der Waals surface area contributed by atoms with E-state index < -0.39 is 28.6 Å². The van der Waals surface area contributed by atoms with Crippen LogP contribution in [0.1, 0.15) is 60.5 Å². The first-order valence-corrected chi connectivity index (χ1v) is 19.1. The Morgan fingerprint density at radius 2 is 1.37 bits per heavy atom. The van der Waals surface area contributed by atoms with E-state index in [1.165, 1.54) is 7.11 Å². The third-order valence-electron chi connectivity index (χ3n) is 7.80. The van der Waals surface area contributed by atoms with Crippen LogP contribution in [-0.2, 0) is 34.5 Å². The maximum Gasteiger partial charge on any atom is 0.339 e. The number of hydrogen-bond donors (Lipinski definition) is 0. The predicted molar refractivity (Wildman–Crippen MR) is 160 cm³/mol. The molecule has 0 amide bonds. The first-order chi connectivity index (χ1) is 17.3. The van der Waals surface area contributed by atoms with Crippen LogP contribution in [0, 0.1) is 0 Å². The van der Waals surface area contributed by atoms with Crippen molar-refractivity contribution in [2.75, 3.05) is 20.3 Å². The van der Waals surface area contributed by atoms with Gasteiger partial charge in [-0.15, -0.1) is 0 Å². The second-order valence-corrected chi connectivity index (χ2v) is 22.4. The molecule has 0 radical (unpaired) electrons. The van der Waals surface area contributed by atoms with Gasteiger partial charge in [0.15, 0.2) is 16.6 Å². The molecular formula is C30H50O6Si2. The molecule has 0 N–H and O–H groups in total. The van der Waals surface area contributed by atoms with Crippen LogP contribution in [-0.4, -0.2) is 48.9 Å². The van der Waals surface area contributed by atoms with Gasteiger partial charge in [0.1, 0.15) is 6.61 Å². The first kappa shape index (κ1) is 34.0. The van der Waals surface area contributed by atoms with Crippen molar-refractivity contribution in [3.63, 3.8) is 0 Å². The third kappa shape index (κ3) is 9.95. The highest BCUT2D eigenvalue weighted by Gasteiger charge is 2.38. The van der Waals surface area contributed by atoms with Crippen molar-refractivity contribution in [2.45, 2.75) is 97.8 Å². The van der Waals surface area contributed by atoms with Gasteiger partial charge in [0.2, 0.25) is 0 Å². The van der Waals surface area contributed by atoms with Crippen LogP contribution in [0.15, 0.2) is 53.1 Å². The van der Waals surface area contributed by atoms with Gasteiger partial charge in [-0.1, -0.05) is 77.4 Å². The highest BCUT2D eigenvalue weighted by Crippen LogP contribution is 2.37. The van der Waals surface area contributed by atoms with Crippen molar-refractivity contribution in [2.24, 2.45) is 0 Å². The Morgan fingerprint density at radius 1 is 0.842 bits per heavy atom. The molecule has 38 heavy (non-hydrogen) atoms. The smallest absolute Gasteiger partial charge is 0.339 e. The molecule has 0 aliphatic rings. The molecule has 214 valence electrons. The molecule has 1 aromatic rings. The molecule has 6 nitrogen and oxygen atoms in total. The lowest BCUT2D eigenvalue weighted by atomic mass is 9.98. The molecule has 0 aromatic heterocycles. The summed E-state index contributed by atoms with van der Waals surface area (Å²) in [6.07, 6.45) is 2.15. The van der Waals surface area contributed by atoms with E-state index >= 15 is 0 Å². The summed E-state index contributed by atoms with van der Waals surface area (Å²) < 4.78 is 23.4. The molecule has 0 fully saturated rings. The second-order valence-electron chi connectivity index (χ2n) is 12.8. The van der Waals surface area contributed by atoms with Gasteiger partial charge in [0, 0.05) is 6.61 Å². The SMILES string of the molecule is COC(=O)C(/C(=C/CO[Si](C)(C)C(C)(C)C)C(=O)OCc1ccccc1)=C(/C)CCO[Si](C)(C)C(C)(C)C. The van der Waals surface area contributed by atoms with Crippen molar-refractivity contribution < 1.29 is 27.9 Å². The largest absolute Gasteiger partial charge is 0.465 e. The number of hydrogen-bond acceptors (Lipinski definition) is 6. The molecule has 1 aromatic carbocycles. The molecule has 0 bridgehead atoms. The highest BCUT2D eigenvalue weighted by atomic mass is 28.4. The fraction of sp³-hybridized carbons (Fsp3) is 0.600. The van der Waals surface area contributed by atoms with Crippen LogP contribution < -0.4 is 0 Å². The normalized spacial score (nSPS) is 14.2. The fourth-order valence-corrected chi connectivity index (χ4v) is 5.03. The van der Waals surface area contributed by atoms with Crippen molar-refractivity contribution in [3.8, 4) is 0 Å². The Kier molecular flexibility index (Phi) is 12.4. The molecule has 0 aliphatic carbocycles. The van der Waals surface area contributed by atoms with Crippen molar-refractivity contribution >= 4 is 28.6 Å². The van der Waals surface area contributed by atoms with Crippen LogP contribution in [0.2, 0.25) is 36.3 Å². The van der Waals surface area contributed by atoms with Gasteiger partial charge in [-0.05, 0) is 61.2 Å².